The SMILES string of the molecule is COCCC1CN(C2=Nc3cc(F)c(F)cc3Nc3sccc32)CCN1C. The summed E-state index contributed by atoms with van der Waals surface area (Å²) in [5.74, 6) is -0.962. The monoisotopic (exact) mass is 392 g/mol. The third-order valence-corrected chi connectivity index (χ3v) is 5.98. The second-order valence-corrected chi connectivity index (χ2v) is 7.79. The Morgan fingerprint density at radius 3 is 2.93 bits per heavy atom. The van der Waals surface area contributed by atoms with Gasteiger partial charge in [-0.15, -0.1) is 11.3 Å². The van der Waals surface area contributed by atoms with Crippen molar-refractivity contribution in [2.75, 3.05) is 45.7 Å². The molecular formula is C19H22F2N4OS. The van der Waals surface area contributed by atoms with Gasteiger partial charge in [-0.25, -0.2) is 13.8 Å². The molecule has 5 nitrogen and oxygen atoms in total. The van der Waals surface area contributed by atoms with Crippen molar-refractivity contribution in [3.63, 3.8) is 0 Å². The summed E-state index contributed by atoms with van der Waals surface area (Å²) in [6.07, 6.45) is 0.932. The first kappa shape index (κ1) is 18.3. The lowest BCUT2D eigenvalue weighted by Gasteiger charge is -2.40. The first-order chi connectivity index (χ1) is 13.1. The van der Waals surface area contributed by atoms with Crippen LogP contribution >= 0.6 is 11.3 Å². The number of likely N-dealkylation sites (N-methyl/N-ethyl adjacent to an activating group) is 1. The molecule has 0 spiro atoms. The number of halogens is 2. The standard InChI is InChI=1S/C19H22F2N4OS/c1-24-5-6-25(11-12(24)3-7-26-2)18-13-4-8-27-19(13)23-17-10-15(21)14(20)9-16(17)22-18/h4,8-10,12,23H,3,5-7,11H2,1-2H3. The van der Waals surface area contributed by atoms with E-state index >= 15 is 0 Å². The smallest absolute Gasteiger partial charge is 0.161 e. The first-order valence-electron chi connectivity index (χ1n) is 8.93. The zero-order valence-electron chi connectivity index (χ0n) is 15.3. The number of ether oxygens (including phenoxy) is 1. The summed E-state index contributed by atoms with van der Waals surface area (Å²) in [6, 6.07) is 4.69. The molecule has 27 heavy (non-hydrogen) atoms. The fourth-order valence-electron chi connectivity index (χ4n) is 3.55. The van der Waals surface area contributed by atoms with Crippen LogP contribution in [0.1, 0.15) is 12.0 Å². The summed E-state index contributed by atoms with van der Waals surface area (Å²) in [5, 5.41) is 6.09. The molecule has 0 radical (unpaired) electrons. The first-order valence-corrected chi connectivity index (χ1v) is 9.81. The Labute approximate surface area is 161 Å². The van der Waals surface area contributed by atoms with Gasteiger partial charge in [-0.3, -0.25) is 4.90 Å². The van der Waals surface area contributed by atoms with Crippen molar-refractivity contribution in [1.29, 1.82) is 0 Å². The van der Waals surface area contributed by atoms with E-state index in [9.17, 15) is 8.78 Å². The van der Waals surface area contributed by atoms with Crippen molar-refractivity contribution in [2.24, 2.45) is 4.99 Å². The molecule has 1 N–H and O–H groups in total. The van der Waals surface area contributed by atoms with Crippen LogP contribution in [0.2, 0.25) is 0 Å². The van der Waals surface area contributed by atoms with Crippen molar-refractivity contribution in [2.45, 2.75) is 12.5 Å². The van der Waals surface area contributed by atoms with Crippen LogP contribution in [-0.4, -0.2) is 62.1 Å². The van der Waals surface area contributed by atoms with E-state index in [0.717, 1.165) is 48.5 Å². The Bertz CT molecular complexity index is 869. The van der Waals surface area contributed by atoms with E-state index in [2.05, 4.69) is 22.2 Å². The van der Waals surface area contributed by atoms with Crippen LogP contribution in [0.3, 0.4) is 0 Å². The van der Waals surface area contributed by atoms with E-state index in [4.69, 9.17) is 9.73 Å². The number of hydrogen-bond donors (Lipinski definition) is 1. The fourth-order valence-corrected chi connectivity index (χ4v) is 4.35. The summed E-state index contributed by atoms with van der Waals surface area (Å²) in [5.41, 5.74) is 1.87. The minimum atomic E-state index is -0.889. The fraction of sp³-hybridized carbons (Fsp3) is 0.421. The minimum Gasteiger partial charge on any atom is -0.385 e. The highest BCUT2D eigenvalue weighted by atomic mass is 32.1. The molecule has 1 atom stereocenters. The molecule has 1 saturated heterocycles. The Balaban J connectivity index is 1.71. The van der Waals surface area contributed by atoms with Crippen molar-refractivity contribution in [3.8, 4) is 0 Å². The highest BCUT2D eigenvalue weighted by molar-refractivity contribution is 7.14. The number of fused-ring (bicyclic) bond motifs is 2. The van der Waals surface area contributed by atoms with E-state index in [1.165, 1.54) is 17.4 Å². The molecule has 4 rings (SSSR count). The Hall–Kier alpha value is -2.03. The molecule has 2 aliphatic rings. The quantitative estimate of drug-likeness (QED) is 0.862. The maximum atomic E-state index is 13.8. The maximum Gasteiger partial charge on any atom is 0.161 e. The van der Waals surface area contributed by atoms with Crippen LogP contribution in [0.5, 0.6) is 0 Å². The molecule has 2 aliphatic heterocycles. The van der Waals surface area contributed by atoms with Gasteiger partial charge in [0, 0.05) is 51.5 Å². The predicted molar refractivity (Wildman–Crippen MR) is 105 cm³/mol. The van der Waals surface area contributed by atoms with Gasteiger partial charge in [0.15, 0.2) is 11.6 Å². The molecule has 2 aromatic rings. The van der Waals surface area contributed by atoms with Gasteiger partial charge in [-0.05, 0) is 24.9 Å². The van der Waals surface area contributed by atoms with Gasteiger partial charge in [0.25, 0.3) is 0 Å². The van der Waals surface area contributed by atoms with E-state index in [-0.39, 0.29) is 0 Å². The Morgan fingerprint density at radius 2 is 2.11 bits per heavy atom. The van der Waals surface area contributed by atoms with Gasteiger partial charge < -0.3 is 15.0 Å². The third kappa shape index (κ3) is 3.56. The van der Waals surface area contributed by atoms with Crippen molar-refractivity contribution in [1.82, 2.24) is 9.80 Å². The molecule has 8 heteroatoms. The highest BCUT2D eigenvalue weighted by Gasteiger charge is 2.29. The van der Waals surface area contributed by atoms with Gasteiger partial charge in [-0.1, -0.05) is 0 Å². The lowest BCUT2D eigenvalue weighted by atomic mass is 10.1. The second-order valence-electron chi connectivity index (χ2n) is 6.87. The number of nitrogens with zero attached hydrogens (tertiary/aromatic N) is 3. The number of thiophene rings is 1. The summed E-state index contributed by atoms with van der Waals surface area (Å²) in [6.45, 7) is 3.25. The van der Waals surface area contributed by atoms with Gasteiger partial charge in [0.1, 0.15) is 10.8 Å². The van der Waals surface area contributed by atoms with Crippen molar-refractivity contribution in [3.05, 3.63) is 40.8 Å². The molecule has 0 amide bonds. The zero-order chi connectivity index (χ0) is 19.0. The number of amidine groups is 1. The number of piperazine rings is 1. The number of nitrogens with one attached hydrogen (secondary N) is 1. The van der Waals surface area contributed by atoms with Crippen LogP contribution in [0, 0.1) is 11.6 Å². The van der Waals surface area contributed by atoms with E-state index in [1.54, 1.807) is 7.11 Å². The van der Waals surface area contributed by atoms with Crippen LogP contribution in [0.15, 0.2) is 28.6 Å². The summed E-state index contributed by atoms with van der Waals surface area (Å²) in [7, 11) is 3.83. The molecule has 144 valence electrons. The predicted octanol–water partition coefficient (Wildman–Crippen LogP) is 3.81. The zero-order valence-corrected chi connectivity index (χ0v) is 16.2. The van der Waals surface area contributed by atoms with Gasteiger partial charge in [0.2, 0.25) is 0 Å². The number of anilines is 2. The van der Waals surface area contributed by atoms with E-state index < -0.39 is 11.6 Å². The van der Waals surface area contributed by atoms with Crippen molar-refractivity contribution < 1.29 is 13.5 Å². The number of rotatable bonds is 3. The molecular weight excluding hydrogens is 370 g/mol. The van der Waals surface area contributed by atoms with E-state index in [1.807, 2.05) is 11.4 Å². The minimum absolute atomic E-state index is 0.351. The van der Waals surface area contributed by atoms with E-state index in [0.29, 0.717) is 24.0 Å². The molecule has 3 heterocycles. The van der Waals surface area contributed by atoms with Crippen LogP contribution in [0.4, 0.5) is 25.2 Å². The van der Waals surface area contributed by atoms with Crippen LogP contribution in [0.25, 0.3) is 0 Å². The Morgan fingerprint density at radius 1 is 1.30 bits per heavy atom. The summed E-state index contributed by atoms with van der Waals surface area (Å²) in [4.78, 5) is 9.32. The third-order valence-electron chi connectivity index (χ3n) is 5.15. The lowest BCUT2D eigenvalue weighted by Crippen LogP contribution is -2.53. The Kier molecular flexibility index (Phi) is 5.12. The van der Waals surface area contributed by atoms with Crippen molar-refractivity contribution >= 4 is 33.5 Å². The average molecular weight is 392 g/mol. The normalized spacial score (nSPS) is 19.8. The number of benzene rings is 1. The number of aliphatic imine (C=N–C) groups is 1. The topological polar surface area (TPSA) is 40.1 Å². The maximum absolute atomic E-state index is 13.8. The largest absolute Gasteiger partial charge is 0.385 e. The molecule has 1 aromatic heterocycles. The summed E-state index contributed by atoms with van der Waals surface area (Å²) >= 11 is 1.53. The molecule has 1 unspecified atom stereocenters. The number of hydrogen-bond acceptors (Lipinski definition) is 6. The van der Waals surface area contributed by atoms with Crippen LogP contribution in [-0.2, 0) is 4.74 Å². The summed E-state index contributed by atoms with van der Waals surface area (Å²) < 4.78 is 32.8. The number of methoxy groups -OCH3 is 1. The molecule has 1 aromatic carbocycles. The highest BCUT2D eigenvalue weighted by Crippen LogP contribution is 2.39. The molecule has 0 aliphatic carbocycles. The van der Waals surface area contributed by atoms with Crippen LogP contribution < -0.4 is 5.32 Å². The molecule has 0 bridgehead atoms. The van der Waals surface area contributed by atoms with Gasteiger partial charge in [0.05, 0.1) is 16.9 Å². The second kappa shape index (κ2) is 7.53. The van der Waals surface area contributed by atoms with Gasteiger partial charge >= 0.3 is 0 Å². The lowest BCUT2D eigenvalue weighted by molar-refractivity contribution is 0.100. The van der Waals surface area contributed by atoms with Gasteiger partial charge in [-0.2, -0.15) is 0 Å². The molecule has 1 fully saturated rings. The molecule has 0 saturated carbocycles. The average Bonchev–Trinajstić information content (AvgIpc) is 3.05.